The number of hydrogen-bond donors (Lipinski definition) is 0. The molecule has 10 heavy (non-hydrogen) atoms. The van der Waals surface area contributed by atoms with E-state index in [2.05, 4.69) is 0 Å². The van der Waals surface area contributed by atoms with E-state index in [1.54, 1.807) is 38.5 Å². The highest BCUT2D eigenvalue weighted by atomic mass is 14.5. The Kier molecular flexibility index (Phi) is 1.00. The summed E-state index contributed by atoms with van der Waals surface area (Å²) in [6.07, 6.45) is 9.55. The predicted octanol–water partition coefficient (Wildman–Crippen LogP) is 2.83. The lowest BCUT2D eigenvalue weighted by Crippen LogP contribution is -2.42. The fourth-order valence-corrected chi connectivity index (χ4v) is 3.30. The summed E-state index contributed by atoms with van der Waals surface area (Å²) in [6, 6.07) is 0. The van der Waals surface area contributed by atoms with Crippen LogP contribution in [0.5, 0.6) is 0 Å². The van der Waals surface area contributed by atoms with Crippen molar-refractivity contribution in [1.29, 1.82) is 0 Å². The van der Waals surface area contributed by atoms with Crippen LogP contribution in [0.4, 0.5) is 0 Å². The lowest BCUT2D eigenvalue weighted by molar-refractivity contribution is -0.0164. The summed E-state index contributed by atoms with van der Waals surface area (Å²) < 4.78 is 0. The molecule has 0 aliphatic heterocycles. The largest absolute Gasteiger partial charge is 0.0499 e. The average molecular weight is 136 g/mol. The molecule has 0 aromatic rings. The van der Waals surface area contributed by atoms with Crippen molar-refractivity contribution in [2.75, 3.05) is 0 Å². The predicted molar refractivity (Wildman–Crippen MR) is 41.7 cm³/mol. The maximum Gasteiger partial charge on any atom is -0.0383 e. The first kappa shape index (κ1) is 5.62. The highest BCUT2D eigenvalue weighted by molar-refractivity contribution is 4.95. The van der Waals surface area contributed by atoms with Crippen molar-refractivity contribution in [3.8, 4) is 0 Å². The third-order valence-electron chi connectivity index (χ3n) is 4.36. The Morgan fingerprint density at radius 1 is 0.500 bits per heavy atom. The second kappa shape index (κ2) is 1.78. The molecule has 3 fully saturated rings. The second-order valence-electron chi connectivity index (χ2n) is 4.67. The molecule has 0 amide bonds. The normalized spacial score (nSPS) is 57.6. The minimum absolute atomic E-state index is 1.20. The Morgan fingerprint density at radius 3 is 1.00 bits per heavy atom. The van der Waals surface area contributed by atoms with Crippen molar-refractivity contribution in [3.63, 3.8) is 0 Å². The zero-order chi connectivity index (χ0) is 6.55. The topological polar surface area (TPSA) is 0 Å². The lowest BCUT2D eigenvalue weighted by atomic mass is 9.53. The first-order chi connectivity index (χ1) is 4.93. The van der Waals surface area contributed by atoms with Crippen LogP contribution in [0.2, 0.25) is 0 Å². The first-order valence-electron chi connectivity index (χ1n) is 4.93. The SMILES string of the molecule is C1CC2CC3CCC3CC12. The van der Waals surface area contributed by atoms with Crippen molar-refractivity contribution in [3.05, 3.63) is 0 Å². The molecule has 0 nitrogen and oxygen atoms in total. The van der Waals surface area contributed by atoms with Crippen LogP contribution < -0.4 is 0 Å². The summed E-state index contributed by atoms with van der Waals surface area (Å²) in [5.41, 5.74) is 0. The van der Waals surface area contributed by atoms with Gasteiger partial charge in [0.1, 0.15) is 0 Å². The molecule has 0 aromatic carbocycles. The first-order valence-corrected chi connectivity index (χ1v) is 4.93. The van der Waals surface area contributed by atoms with Crippen molar-refractivity contribution in [1.82, 2.24) is 0 Å². The van der Waals surface area contributed by atoms with Crippen molar-refractivity contribution < 1.29 is 0 Å². The van der Waals surface area contributed by atoms with Gasteiger partial charge in [0.2, 0.25) is 0 Å². The lowest BCUT2D eigenvalue weighted by Gasteiger charge is -2.52. The maximum atomic E-state index is 1.62. The standard InChI is InChI=1S/C10H16/c1-2-8-6-10-4-3-9(10)5-7(1)8/h7-10H,1-6H2. The van der Waals surface area contributed by atoms with E-state index in [1.807, 2.05) is 0 Å². The average Bonchev–Trinajstić information content (AvgIpc) is 1.82. The van der Waals surface area contributed by atoms with Gasteiger partial charge in [-0.1, -0.05) is 0 Å². The summed E-state index contributed by atoms with van der Waals surface area (Å²) in [5.74, 6) is 4.78. The Bertz CT molecular complexity index is 116. The Balaban J connectivity index is 1.74. The zero-order valence-electron chi connectivity index (χ0n) is 6.55. The molecule has 0 radical (unpaired) electrons. The molecule has 0 spiro atoms. The van der Waals surface area contributed by atoms with Crippen LogP contribution in [0.1, 0.15) is 38.5 Å². The molecule has 3 aliphatic rings. The quantitative estimate of drug-likeness (QED) is 0.480. The van der Waals surface area contributed by atoms with Crippen LogP contribution >= 0.6 is 0 Å². The van der Waals surface area contributed by atoms with Gasteiger partial charge in [-0.15, -0.1) is 0 Å². The number of rotatable bonds is 0. The Labute approximate surface area is 63.0 Å². The summed E-state index contributed by atoms with van der Waals surface area (Å²) >= 11 is 0. The van der Waals surface area contributed by atoms with E-state index in [0.717, 1.165) is 0 Å². The van der Waals surface area contributed by atoms with Gasteiger partial charge in [-0.3, -0.25) is 0 Å². The van der Waals surface area contributed by atoms with Gasteiger partial charge < -0.3 is 0 Å². The molecular weight excluding hydrogens is 120 g/mol. The minimum Gasteiger partial charge on any atom is -0.0499 e. The van der Waals surface area contributed by atoms with E-state index in [9.17, 15) is 0 Å². The summed E-state index contributed by atoms with van der Waals surface area (Å²) in [7, 11) is 0. The highest BCUT2D eigenvalue weighted by Crippen LogP contribution is 2.55. The highest BCUT2D eigenvalue weighted by Gasteiger charge is 2.44. The third kappa shape index (κ3) is 0.580. The molecule has 4 atom stereocenters. The third-order valence-corrected chi connectivity index (χ3v) is 4.36. The molecule has 4 unspecified atom stereocenters. The molecule has 3 rings (SSSR count). The molecular formula is C10H16. The second-order valence-corrected chi connectivity index (χ2v) is 4.67. The fraction of sp³-hybridized carbons (Fsp3) is 1.00. The van der Waals surface area contributed by atoms with Crippen LogP contribution in [0.3, 0.4) is 0 Å². The van der Waals surface area contributed by atoms with E-state index >= 15 is 0 Å². The molecule has 0 heteroatoms. The van der Waals surface area contributed by atoms with E-state index in [1.165, 1.54) is 23.7 Å². The van der Waals surface area contributed by atoms with Crippen LogP contribution in [0, 0.1) is 23.7 Å². The van der Waals surface area contributed by atoms with E-state index in [-0.39, 0.29) is 0 Å². The Hall–Kier alpha value is 0. The number of hydrogen-bond acceptors (Lipinski definition) is 0. The van der Waals surface area contributed by atoms with Gasteiger partial charge in [0.05, 0.1) is 0 Å². The molecule has 3 saturated carbocycles. The van der Waals surface area contributed by atoms with Gasteiger partial charge in [-0.2, -0.15) is 0 Å². The van der Waals surface area contributed by atoms with Gasteiger partial charge in [-0.25, -0.2) is 0 Å². The van der Waals surface area contributed by atoms with E-state index < -0.39 is 0 Å². The van der Waals surface area contributed by atoms with Crippen LogP contribution in [-0.2, 0) is 0 Å². The monoisotopic (exact) mass is 136 g/mol. The zero-order valence-corrected chi connectivity index (χ0v) is 6.55. The van der Waals surface area contributed by atoms with Crippen molar-refractivity contribution >= 4 is 0 Å². The van der Waals surface area contributed by atoms with Crippen LogP contribution in [0.15, 0.2) is 0 Å². The van der Waals surface area contributed by atoms with Crippen molar-refractivity contribution in [2.45, 2.75) is 38.5 Å². The maximum absolute atomic E-state index is 1.62. The molecule has 0 saturated heterocycles. The van der Waals surface area contributed by atoms with Gasteiger partial charge in [0.25, 0.3) is 0 Å². The Morgan fingerprint density at radius 2 is 0.800 bits per heavy atom. The van der Waals surface area contributed by atoms with Crippen LogP contribution in [0.25, 0.3) is 0 Å². The minimum atomic E-state index is 1.20. The molecule has 0 bridgehead atoms. The molecule has 0 N–H and O–H groups in total. The summed E-state index contributed by atoms with van der Waals surface area (Å²) in [4.78, 5) is 0. The molecule has 56 valence electrons. The van der Waals surface area contributed by atoms with Crippen LogP contribution in [-0.4, -0.2) is 0 Å². The van der Waals surface area contributed by atoms with E-state index in [4.69, 9.17) is 0 Å². The molecule has 0 heterocycles. The summed E-state index contributed by atoms with van der Waals surface area (Å²) in [5, 5.41) is 0. The molecule has 0 aromatic heterocycles. The summed E-state index contributed by atoms with van der Waals surface area (Å²) in [6.45, 7) is 0. The smallest absolute Gasteiger partial charge is 0.0383 e. The van der Waals surface area contributed by atoms with Gasteiger partial charge in [-0.05, 0) is 62.2 Å². The van der Waals surface area contributed by atoms with Gasteiger partial charge in [0, 0.05) is 0 Å². The van der Waals surface area contributed by atoms with Crippen molar-refractivity contribution in [2.24, 2.45) is 23.7 Å². The number of fused-ring (bicyclic) bond motifs is 2. The van der Waals surface area contributed by atoms with E-state index in [0.29, 0.717) is 0 Å². The van der Waals surface area contributed by atoms with Gasteiger partial charge >= 0.3 is 0 Å². The molecule has 3 aliphatic carbocycles. The fourth-order valence-electron chi connectivity index (χ4n) is 3.30. The van der Waals surface area contributed by atoms with Gasteiger partial charge in [0.15, 0.2) is 0 Å².